The number of hydrogen-bond acceptors (Lipinski definition) is 3. The first kappa shape index (κ1) is 15.2. The molecule has 106 valence electrons. The third kappa shape index (κ3) is 3.69. The number of thioether (sulfide) groups is 1. The summed E-state index contributed by atoms with van der Waals surface area (Å²) in [6, 6.07) is 15.8. The SMILES string of the molecule is COc1ccccc1C(Sc1ccc(Cl)cc1)C(C)N. The van der Waals surface area contributed by atoms with E-state index in [1.807, 2.05) is 49.4 Å². The predicted octanol–water partition coefficient (Wildman–Crippen LogP) is 4.53. The molecule has 2 atom stereocenters. The standard InChI is InChI=1S/C16H18ClNOS/c1-11(18)16(14-5-3-4-6-15(14)19-2)20-13-9-7-12(17)8-10-13/h3-11,16H,18H2,1-2H3. The molecule has 0 saturated heterocycles. The molecule has 0 aliphatic carbocycles. The number of methoxy groups -OCH3 is 1. The summed E-state index contributed by atoms with van der Waals surface area (Å²) in [5.74, 6) is 0.872. The normalized spacial score (nSPS) is 13.8. The van der Waals surface area contributed by atoms with Crippen LogP contribution in [-0.4, -0.2) is 13.2 Å². The van der Waals surface area contributed by atoms with Gasteiger partial charge in [0.15, 0.2) is 0 Å². The maximum Gasteiger partial charge on any atom is 0.123 e. The summed E-state index contributed by atoms with van der Waals surface area (Å²) in [5.41, 5.74) is 7.28. The lowest BCUT2D eigenvalue weighted by Crippen LogP contribution is -2.23. The highest BCUT2D eigenvalue weighted by atomic mass is 35.5. The lowest BCUT2D eigenvalue weighted by molar-refractivity contribution is 0.408. The van der Waals surface area contributed by atoms with E-state index in [1.165, 1.54) is 0 Å². The fourth-order valence-electron chi connectivity index (χ4n) is 2.02. The lowest BCUT2D eigenvalue weighted by atomic mass is 10.1. The van der Waals surface area contributed by atoms with Crippen molar-refractivity contribution < 1.29 is 4.74 Å². The highest BCUT2D eigenvalue weighted by Gasteiger charge is 2.21. The predicted molar refractivity (Wildman–Crippen MR) is 86.7 cm³/mol. The number of nitrogens with two attached hydrogens (primary N) is 1. The highest BCUT2D eigenvalue weighted by molar-refractivity contribution is 7.99. The zero-order valence-corrected chi connectivity index (χ0v) is 13.1. The van der Waals surface area contributed by atoms with Crippen molar-refractivity contribution in [2.45, 2.75) is 23.1 Å². The van der Waals surface area contributed by atoms with E-state index < -0.39 is 0 Å². The fraction of sp³-hybridized carbons (Fsp3) is 0.250. The largest absolute Gasteiger partial charge is 0.496 e. The smallest absolute Gasteiger partial charge is 0.123 e. The first-order valence-electron chi connectivity index (χ1n) is 6.42. The number of halogens is 1. The number of para-hydroxylation sites is 1. The quantitative estimate of drug-likeness (QED) is 0.824. The Kier molecular flexibility index (Phi) is 5.35. The molecule has 0 amide bonds. The van der Waals surface area contributed by atoms with E-state index in [0.717, 1.165) is 21.2 Å². The Balaban J connectivity index is 2.29. The van der Waals surface area contributed by atoms with Crippen LogP contribution in [-0.2, 0) is 0 Å². The molecular weight excluding hydrogens is 290 g/mol. The maximum absolute atomic E-state index is 6.17. The van der Waals surface area contributed by atoms with E-state index >= 15 is 0 Å². The molecule has 0 bridgehead atoms. The van der Waals surface area contributed by atoms with E-state index in [-0.39, 0.29) is 11.3 Å². The molecule has 2 aromatic carbocycles. The minimum absolute atomic E-state index is 0.00646. The van der Waals surface area contributed by atoms with Gasteiger partial charge in [0.25, 0.3) is 0 Å². The summed E-state index contributed by atoms with van der Waals surface area (Å²) in [5, 5.41) is 0.872. The van der Waals surface area contributed by atoms with E-state index in [4.69, 9.17) is 22.1 Å². The topological polar surface area (TPSA) is 35.2 Å². The van der Waals surface area contributed by atoms with Crippen molar-refractivity contribution in [2.24, 2.45) is 5.73 Å². The molecule has 0 saturated carbocycles. The van der Waals surface area contributed by atoms with Crippen molar-refractivity contribution >= 4 is 23.4 Å². The molecule has 2 unspecified atom stereocenters. The summed E-state index contributed by atoms with van der Waals surface area (Å²) in [4.78, 5) is 1.14. The first-order valence-corrected chi connectivity index (χ1v) is 7.68. The Hall–Kier alpha value is -1.16. The van der Waals surface area contributed by atoms with E-state index in [1.54, 1.807) is 18.9 Å². The average molecular weight is 308 g/mol. The Morgan fingerprint density at radius 3 is 2.35 bits per heavy atom. The number of benzene rings is 2. The summed E-state index contributed by atoms with van der Waals surface area (Å²) >= 11 is 7.65. The average Bonchev–Trinajstić information content (AvgIpc) is 2.46. The van der Waals surface area contributed by atoms with Gasteiger partial charge in [0.1, 0.15) is 5.75 Å². The van der Waals surface area contributed by atoms with E-state index in [0.29, 0.717) is 0 Å². The van der Waals surface area contributed by atoms with Crippen LogP contribution in [0.15, 0.2) is 53.4 Å². The number of hydrogen-bond donors (Lipinski definition) is 1. The van der Waals surface area contributed by atoms with Crippen LogP contribution in [0.25, 0.3) is 0 Å². The van der Waals surface area contributed by atoms with E-state index in [9.17, 15) is 0 Å². The minimum atomic E-state index is 0.00646. The molecular formula is C16H18ClNOS. The second-order valence-corrected chi connectivity index (χ2v) is 6.24. The third-order valence-electron chi connectivity index (χ3n) is 3.00. The molecule has 0 radical (unpaired) electrons. The Bertz CT molecular complexity index is 557. The summed E-state index contributed by atoms with van der Waals surface area (Å²) in [6.45, 7) is 2.01. The number of rotatable bonds is 5. The molecule has 2 aromatic rings. The van der Waals surface area contributed by atoms with Gasteiger partial charge in [-0.2, -0.15) is 0 Å². The highest BCUT2D eigenvalue weighted by Crippen LogP contribution is 2.41. The van der Waals surface area contributed by atoms with Crippen LogP contribution in [0.1, 0.15) is 17.7 Å². The van der Waals surface area contributed by atoms with Crippen molar-refractivity contribution in [3.8, 4) is 5.75 Å². The van der Waals surface area contributed by atoms with Crippen LogP contribution in [0, 0.1) is 0 Å². The van der Waals surface area contributed by atoms with Gasteiger partial charge in [-0.3, -0.25) is 0 Å². The minimum Gasteiger partial charge on any atom is -0.496 e. The van der Waals surface area contributed by atoms with Gasteiger partial charge in [0.05, 0.1) is 12.4 Å². The van der Waals surface area contributed by atoms with Gasteiger partial charge in [0, 0.05) is 21.5 Å². The second-order valence-electron chi connectivity index (χ2n) is 4.59. The third-order valence-corrected chi connectivity index (χ3v) is 4.73. The van der Waals surface area contributed by atoms with E-state index in [2.05, 4.69) is 6.07 Å². The molecule has 2 rings (SSSR count). The van der Waals surface area contributed by atoms with Crippen molar-refractivity contribution in [3.05, 3.63) is 59.1 Å². The lowest BCUT2D eigenvalue weighted by Gasteiger charge is -2.22. The van der Waals surface area contributed by atoms with Gasteiger partial charge in [-0.25, -0.2) is 0 Å². The zero-order chi connectivity index (χ0) is 14.5. The molecule has 0 spiro atoms. The van der Waals surface area contributed by atoms with Crippen LogP contribution in [0.5, 0.6) is 5.75 Å². The molecule has 4 heteroatoms. The Labute approximate surface area is 129 Å². The molecule has 2 nitrogen and oxygen atoms in total. The molecule has 2 N–H and O–H groups in total. The van der Waals surface area contributed by atoms with Crippen LogP contribution in [0.2, 0.25) is 5.02 Å². The Morgan fingerprint density at radius 1 is 1.10 bits per heavy atom. The van der Waals surface area contributed by atoms with Crippen LogP contribution in [0.3, 0.4) is 0 Å². The molecule has 0 heterocycles. The molecule has 0 fully saturated rings. The van der Waals surface area contributed by atoms with Gasteiger partial charge in [-0.1, -0.05) is 29.8 Å². The molecule has 20 heavy (non-hydrogen) atoms. The second kappa shape index (κ2) is 7.02. The summed E-state index contributed by atoms with van der Waals surface area (Å²) in [7, 11) is 1.68. The van der Waals surface area contributed by atoms with Crippen LogP contribution in [0.4, 0.5) is 0 Å². The first-order chi connectivity index (χ1) is 9.61. The van der Waals surface area contributed by atoms with Crippen molar-refractivity contribution in [2.75, 3.05) is 7.11 Å². The van der Waals surface area contributed by atoms with Gasteiger partial charge in [-0.15, -0.1) is 11.8 Å². The molecule has 0 aliphatic rings. The molecule has 0 aromatic heterocycles. The zero-order valence-electron chi connectivity index (χ0n) is 11.5. The fourth-order valence-corrected chi connectivity index (χ4v) is 3.26. The van der Waals surface area contributed by atoms with Crippen molar-refractivity contribution in [1.82, 2.24) is 0 Å². The van der Waals surface area contributed by atoms with Gasteiger partial charge < -0.3 is 10.5 Å². The van der Waals surface area contributed by atoms with Crippen LogP contribution < -0.4 is 10.5 Å². The van der Waals surface area contributed by atoms with Crippen LogP contribution >= 0.6 is 23.4 Å². The monoisotopic (exact) mass is 307 g/mol. The summed E-state index contributed by atoms with van der Waals surface area (Å²) in [6.07, 6.45) is 0. The molecule has 0 aliphatic heterocycles. The van der Waals surface area contributed by atoms with Gasteiger partial charge >= 0.3 is 0 Å². The van der Waals surface area contributed by atoms with Gasteiger partial charge in [0.2, 0.25) is 0 Å². The van der Waals surface area contributed by atoms with Gasteiger partial charge in [-0.05, 0) is 37.3 Å². The summed E-state index contributed by atoms with van der Waals surface area (Å²) < 4.78 is 5.44. The van der Waals surface area contributed by atoms with Crippen molar-refractivity contribution in [3.63, 3.8) is 0 Å². The maximum atomic E-state index is 6.17. The number of ether oxygens (including phenoxy) is 1. The van der Waals surface area contributed by atoms with Crippen molar-refractivity contribution in [1.29, 1.82) is 0 Å². The Morgan fingerprint density at radius 2 is 1.75 bits per heavy atom.